The van der Waals surface area contributed by atoms with E-state index in [9.17, 15) is 49.1 Å². The molecule has 6 N–H and O–H groups in total. The first-order valence-electron chi connectivity index (χ1n) is 20.0. The largest absolute Gasteiger partial charge is 0.480 e. The van der Waals surface area contributed by atoms with E-state index in [1.54, 1.807) is 66.7 Å². The number of esters is 1. The number of carbonyl (C=O) groups excluding carboxylic acids is 5. The molecular weight excluding hydrogens is 869 g/mol. The van der Waals surface area contributed by atoms with E-state index >= 15 is 0 Å². The Bertz CT molecular complexity index is 2420. The van der Waals surface area contributed by atoms with Crippen molar-refractivity contribution in [2.24, 2.45) is 0 Å². The Morgan fingerprint density at radius 3 is 1.70 bits per heavy atom. The number of aliphatic hydroxyl groups excluding tert-OH is 1. The van der Waals surface area contributed by atoms with Gasteiger partial charge in [-0.25, -0.2) is 4.79 Å². The minimum Gasteiger partial charge on any atom is -0.480 e. The number of alkyl halides is 2. The van der Waals surface area contributed by atoms with E-state index in [1.165, 1.54) is 12.1 Å². The summed E-state index contributed by atoms with van der Waals surface area (Å²) in [6, 6.07) is 30.2. The van der Waals surface area contributed by atoms with Gasteiger partial charge in [-0.2, -0.15) is 0 Å². The predicted molar refractivity (Wildman–Crippen MR) is 237 cm³/mol. The number of aliphatic carboxylic acids is 1. The van der Waals surface area contributed by atoms with Crippen LogP contribution in [0.1, 0.15) is 41.2 Å². The molecule has 0 aromatic heterocycles. The number of nitro groups is 1. The summed E-state index contributed by atoms with van der Waals surface area (Å²) in [7, 11) is 0. The van der Waals surface area contributed by atoms with E-state index in [4.69, 9.17) is 27.9 Å². The molecule has 0 saturated heterocycles. The second-order valence-electron chi connectivity index (χ2n) is 14.7. The van der Waals surface area contributed by atoms with Crippen LogP contribution in [0.25, 0.3) is 10.8 Å². The van der Waals surface area contributed by atoms with E-state index in [2.05, 4.69) is 21.3 Å². The second-order valence-corrected chi connectivity index (χ2v) is 15.8. The number of halogens is 2. The third kappa shape index (κ3) is 14.6. The van der Waals surface area contributed by atoms with Crippen molar-refractivity contribution in [2.45, 2.75) is 67.2 Å². The highest BCUT2D eigenvalue weighted by atomic mass is 35.5. The molecule has 0 aliphatic rings. The number of hydrogen-bond donors (Lipinski definition) is 6. The minimum atomic E-state index is -1.54. The fourth-order valence-electron chi connectivity index (χ4n) is 6.68. The Morgan fingerprint density at radius 1 is 0.609 bits per heavy atom. The Morgan fingerprint density at radius 2 is 1.14 bits per heavy atom. The summed E-state index contributed by atoms with van der Waals surface area (Å²) >= 11 is 11.3. The number of ether oxygens (including phenoxy) is 1. The smallest absolute Gasteiger partial charge is 0.326 e. The van der Waals surface area contributed by atoms with Crippen molar-refractivity contribution in [3.8, 4) is 0 Å². The maximum atomic E-state index is 14.1. The van der Waals surface area contributed by atoms with Gasteiger partial charge in [0.25, 0.3) is 11.6 Å². The summed E-state index contributed by atoms with van der Waals surface area (Å²) in [5.74, 6) is -5.37. The van der Waals surface area contributed by atoms with Crippen LogP contribution in [-0.2, 0) is 52.8 Å². The van der Waals surface area contributed by atoms with Crippen LogP contribution in [0.3, 0.4) is 0 Å². The quantitative estimate of drug-likeness (QED) is 0.0241. The van der Waals surface area contributed by atoms with Gasteiger partial charge in [-0.3, -0.25) is 34.1 Å². The lowest BCUT2D eigenvalue weighted by atomic mass is 10.00. The zero-order chi connectivity index (χ0) is 46.2. The first kappa shape index (κ1) is 48.2. The Hall–Kier alpha value is -6.88. The molecule has 5 atom stereocenters. The summed E-state index contributed by atoms with van der Waals surface area (Å²) in [5, 5.41) is 44.4. The second kappa shape index (κ2) is 23.5. The maximum Gasteiger partial charge on any atom is 0.326 e. The van der Waals surface area contributed by atoms with Crippen molar-refractivity contribution in [3.05, 3.63) is 160 Å². The average molecular weight is 915 g/mol. The van der Waals surface area contributed by atoms with Crippen molar-refractivity contribution >= 4 is 75.2 Å². The van der Waals surface area contributed by atoms with Crippen molar-refractivity contribution in [3.63, 3.8) is 0 Å². The third-order valence-corrected chi connectivity index (χ3v) is 10.4. The number of non-ortho nitro benzene ring substituents is 1. The van der Waals surface area contributed by atoms with E-state index in [1.807, 2.05) is 36.4 Å². The Labute approximate surface area is 377 Å². The molecule has 0 saturated carbocycles. The number of carboxylic acids is 1. The molecule has 5 aromatic carbocycles. The predicted octanol–water partition coefficient (Wildman–Crippen LogP) is 4.66. The number of nitrogens with one attached hydrogen (secondary N) is 4. The number of carboxylic acid groups (broad SMARTS) is 1. The number of rotatable bonds is 22. The normalized spacial score (nSPS) is 13.4. The number of hydrogen-bond acceptors (Lipinski definition) is 10. The SMILES string of the molecule is O=C(CCC(=O)OC[C@@H](NC(=O)C(Cl)Cl)[C@H](O)c1ccc([N+](=O)[O-])cc1)N[C@H](Cc1ccccc1)C(=O)N[C@H](Cc1ccccc1)C(=O)N[C@H](Cc1ccc2ccccc2c1)C(=O)O. The standard InChI is InChI=1S/C46H45Cl2N5O11/c47-42(48)45(59)52-38(41(56)32-17-19-34(20-18-32)53(62)63)27-64-40(55)22-21-39(54)49-35(24-28-9-3-1-4-10-28)43(57)50-36(25-29-11-5-2-6-12-29)44(58)51-37(46(60)61)26-30-15-16-31-13-7-8-14-33(31)23-30/h1-20,23,35-38,41-42,56H,21-22,24-27H2,(H,49,54)(H,50,57)(H,51,58)(H,52,59)(H,60,61)/t35-,36-,37-,38-,41-/m1/s1. The van der Waals surface area contributed by atoms with Crippen molar-refractivity contribution in [2.75, 3.05) is 6.61 Å². The highest BCUT2D eigenvalue weighted by Crippen LogP contribution is 2.22. The number of fused-ring (bicyclic) bond motifs is 1. The molecule has 0 fully saturated rings. The van der Waals surface area contributed by atoms with Crippen molar-refractivity contribution in [1.82, 2.24) is 21.3 Å². The van der Waals surface area contributed by atoms with Crippen LogP contribution in [0, 0.1) is 10.1 Å². The number of aliphatic hydroxyl groups is 1. The lowest BCUT2D eigenvalue weighted by molar-refractivity contribution is -0.384. The maximum absolute atomic E-state index is 14.1. The highest BCUT2D eigenvalue weighted by molar-refractivity contribution is 6.53. The van der Waals surface area contributed by atoms with Crippen molar-refractivity contribution < 1.29 is 48.6 Å². The molecule has 0 aliphatic carbocycles. The topological polar surface area (TPSA) is 243 Å². The van der Waals surface area contributed by atoms with Gasteiger partial charge >= 0.3 is 11.9 Å². The van der Waals surface area contributed by atoms with Gasteiger partial charge in [0.2, 0.25) is 17.7 Å². The molecule has 0 unspecified atom stereocenters. The van der Waals surface area contributed by atoms with E-state index in [0.717, 1.165) is 22.9 Å². The van der Waals surface area contributed by atoms with Crippen LogP contribution in [0.5, 0.6) is 0 Å². The van der Waals surface area contributed by atoms with Crippen LogP contribution in [0.4, 0.5) is 5.69 Å². The number of nitrogens with zero attached hydrogens (tertiary/aromatic N) is 1. The lowest BCUT2D eigenvalue weighted by Crippen LogP contribution is -2.57. The lowest BCUT2D eigenvalue weighted by Gasteiger charge is -2.25. The molecule has 64 heavy (non-hydrogen) atoms. The first-order valence-corrected chi connectivity index (χ1v) is 20.9. The Balaban J connectivity index is 1.26. The fraction of sp³-hybridized carbons (Fsp3) is 0.261. The van der Waals surface area contributed by atoms with E-state index < -0.39 is 95.0 Å². The molecule has 5 rings (SSSR count). The van der Waals surface area contributed by atoms with Gasteiger partial charge in [-0.1, -0.05) is 126 Å². The molecule has 4 amide bonds. The van der Waals surface area contributed by atoms with Crippen LogP contribution in [0.15, 0.2) is 127 Å². The fourth-order valence-corrected chi connectivity index (χ4v) is 6.81. The average Bonchev–Trinajstić information content (AvgIpc) is 3.29. The Kier molecular flexibility index (Phi) is 17.7. The summed E-state index contributed by atoms with van der Waals surface area (Å²) in [5.41, 5.74) is 1.89. The summed E-state index contributed by atoms with van der Waals surface area (Å²) < 4.78 is 5.27. The van der Waals surface area contributed by atoms with Crippen LogP contribution < -0.4 is 21.3 Å². The highest BCUT2D eigenvalue weighted by Gasteiger charge is 2.31. The number of amides is 4. The molecule has 334 valence electrons. The molecule has 0 bridgehead atoms. The van der Waals surface area contributed by atoms with Crippen molar-refractivity contribution in [1.29, 1.82) is 0 Å². The van der Waals surface area contributed by atoms with Crippen LogP contribution in [0.2, 0.25) is 0 Å². The number of nitro benzene ring substituents is 1. The molecule has 0 spiro atoms. The minimum absolute atomic E-state index is 0.0185. The zero-order valence-electron chi connectivity index (χ0n) is 34.1. The summed E-state index contributed by atoms with van der Waals surface area (Å²) in [6.45, 7) is -0.611. The third-order valence-electron chi connectivity index (χ3n) is 10.1. The van der Waals surface area contributed by atoms with Gasteiger partial charge in [0.05, 0.1) is 17.4 Å². The van der Waals surface area contributed by atoms with Gasteiger partial charge in [0.1, 0.15) is 30.8 Å². The first-order chi connectivity index (χ1) is 30.7. The van der Waals surface area contributed by atoms with Gasteiger partial charge in [0.15, 0.2) is 4.84 Å². The molecular formula is C46H45Cl2N5O11. The summed E-state index contributed by atoms with van der Waals surface area (Å²) in [4.78, 5) is 87.9. The number of carbonyl (C=O) groups is 6. The van der Waals surface area contributed by atoms with Gasteiger partial charge < -0.3 is 36.2 Å². The van der Waals surface area contributed by atoms with Gasteiger partial charge in [0, 0.05) is 37.8 Å². The van der Waals surface area contributed by atoms with Gasteiger partial charge in [-0.15, -0.1) is 0 Å². The zero-order valence-corrected chi connectivity index (χ0v) is 35.6. The van der Waals surface area contributed by atoms with E-state index in [-0.39, 0.29) is 30.5 Å². The molecule has 0 heterocycles. The van der Waals surface area contributed by atoms with E-state index in [0.29, 0.717) is 16.7 Å². The van der Waals surface area contributed by atoms with Gasteiger partial charge in [-0.05, 0) is 45.2 Å². The van der Waals surface area contributed by atoms with Crippen LogP contribution >= 0.6 is 23.2 Å². The van der Waals surface area contributed by atoms with Crippen LogP contribution in [-0.4, -0.2) is 86.3 Å². The monoisotopic (exact) mass is 913 g/mol. The molecule has 5 aromatic rings. The molecule has 18 heteroatoms. The number of benzene rings is 5. The molecule has 0 radical (unpaired) electrons. The summed E-state index contributed by atoms with van der Waals surface area (Å²) in [6.07, 6.45) is -2.57. The molecule has 0 aliphatic heterocycles. The molecule has 16 nitrogen and oxygen atoms in total.